The maximum absolute atomic E-state index is 12.9. The molecule has 0 rings (SSSR count). The average Bonchev–Trinajstić information content (AvgIpc) is 3.27. The Morgan fingerprint density at radius 2 is 0.984 bits per heavy atom. The number of esters is 2. The highest BCUT2D eigenvalue weighted by Gasteiger charge is 2.17. The maximum Gasteiger partial charge on any atom is 0.306 e. The third-order valence-electron chi connectivity index (χ3n) is 12.5. The Morgan fingerprint density at radius 3 is 1.48 bits per heavy atom. The predicted octanol–water partition coefficient (Wildman–Crippen LogP) is 14.2. The lowest BCUT2D eigenvalue weighted by Gasteiger charge is -2.27. The maximum atomic E-state index is 12.9. The molecular weight excluding hydrogens is 785 g/mol. The number of amides is 1. The van der Waals surface area contributed by atoms with Crippen LogP contribution in [0, 0.1) is 0 Å². The molecule has 0 aromatic heterocycles. The van der Waals surface area contributed by atoms with Gasteiger partial charge in [-0.15, -0.1) is 0 Å². The largest absolute Gasteiger partial charge is 0.466 e. The second kappa shape index (κ2) is 46.2. The average molecular weight is 889 g/mol. The molecule has 0 saturated carbocycles. The number of nitrogens with zero attached hydrogens (tertiary/aromatic N) is 2. The molecule has 9 heteroatoms. The van der Waals surface area contributed by atoms with Gasteiger partial charge in [-0.25, -0.2) is 0 Å². The molecule has 0 aromatic rings. The zero-order valence-corrected chi connectivity index (χ0v) is 42.4. The van der Waals surface area contributed by atoms with E-state index < -0.39 is 0 Å². The van der Waals surface area contributed by atoms with Crippen LogP contribution in [0.1, 0.15) is 259 Å². The van der Waals surface area contributed by atoms with Crippen molar-refractivity contribution in [2.75, 3.05) is 39.5 Å². The highest BCUT2D eigenvalue weighted by atomic mass is 16.5. The third-order valence-corrected chi connectivity index (χ3v) is 12.5. The van der Waals surface area contributed by atoms with E-state index in [1.54, 1.807) is 0 Å². The molecule has 0 aliphatic heterocycles. The van der Waals surface area contributed by atoms with E-state index in [9.17, 15) is 14.4 Å². The summed E-state index contributed by atoms with van der Waals surface area (Å²) in [6.45, 7) is 19.5. The molecule has 9 nitrogen and oxygen atoms in total. The third kappa shape index (κ3) is 37.5. The van der Waals surface area contributed by atoms with E-state index in [2.05, 4.69) is 49.4 Å². The molecule has 0 bridgehead atoms. The molecule has 0 unspecified atom stereocenters. The van der Waals surface area contributed by atoms with E-state index in [0.29, 0.717) is 25.9 Å². The number of nitrogens with one attached hydrogen (secondary N) is 1. The first-order valence-electron chi connectivity index (χ1n) is 26.9. The standard InChI is InChI=1S/C54H104N4O5/c1-7-12-15-18-23-30-39-50(40-31-24-19-16-13-8-2)63-53(60)42-33-26-22-28-35-44-57(45-37-46-58(11-5)49(6)51(38-10-4)54(61)56-48-55)43-34-27-21-25-32-41-52(59)62-47-36-29-20-17-14-9-3/h11,50H,5,7-10,12-48,55H2,1-4,6H3,(H,56,61)/b51-49+. The first-order chi connectivity index (χ1) is 30.8. The number of nitrogens with two attached hydrogens (primary N) is 1. The fourth-order valence-electron chi connectivity index (χ4n) is 8.50. The molecule has 0 atom stereocenters. The molecule has 0 fully saturated rings. The topological polar surface area (TPSA) is 114 Å². The Hall–Kier alpha value is -2.39. The van der Waals surface area contributed by atoms with E-state index in [4.69, 9.17) is 15.2 Å². The lowest BCUT2D eigenvalue weighted by Crippen LogP contribution is -2.33. The van der Waals surface area contributed by atoms with Crippen LogP contribution < -0.4 is 11.1 Å². The zero-order valence-electron chi connectivity index (χ0n) is 42.4. The molecule has 63 heavy (non-hydrogen) atoms. The lowest BCUT2D eigenvalue weighted by atomic mass is 10.0. The van der Waals surface area contributed by atoms with Crippen LogP contribution in [0.25, 0.3) is 0 Å². The van der Waals surface area contributed by atoms with Crippen LogP contribution in [0.2, 0.25) is 0 Å². The molecule has 0 aliphatic carbocycles. The van der Waals surface area contributed by atoms with Gasteiger partial charge in [-0.05, 0) is 103 Å². The summed E-state index contributed by atoms with van der Waals surface area (Å²) in [5, 5.41) is 2.77. The molecule has 370 valence electrons. The summed E-state index contributed by atoms with van der Waals surface area (Å²) in [4.78, 5) is 42.6. The Morgan fingerprint density at radius 1 is 0.540 bits per heavy atom. The van der Waals surface area contributed by atoms with Gasteiger partial charge in [0.2, 0.25) is 5.91 Å². The normalized spacial score (nSPS) is 11.9. The van der Waals surface area contributed by atoms with Crippen molar-refractivity contribution in [3.05, 3.63) is 24.0 Å². The molecule has 0 spiro atoms. The van der Waals surface area contributed by atoms with E-state index in [-0.39, 0.29) is 30.6 Å². The molecule has 3 N–H and O–H groups in total. The Kier molecular flexibility index (Phi) is 44.4. The minimum absolute atomic E-state index is 0.00652. The van der Waals surface area contributed by atoms with E-state index >= 15 is 0 Å². The van der Waals surface area contributed by atoms with Crippen molar-refractivity contribution in [3.63, 3.8) is 0 Å². The number of hydrogen-bond acceptors (Lipinski definition) is 8. The van der Waals surface area contributed by atoms with Crippen molar-refractivity contribution < 1.29 is 23.9 Å². The number of ether oxygens (including phenoxy) is 2. The smallest absolute Gasteiger partial charge is 0.306 e. The molecule has 1 amide bonds. The van der Waals surface area contributed by atoms with Crippen LogP contribution in [0.3, 0.4) is 0 Å². The van der Waals surface area contributed by atoms with Gasteiger partial charge in [-0.2, -0.15) is 0 Å². The van der Waals surface area contributed by atoms with Crippen LogP contribution in [-0.4, -0.2) is 73.2 Å². The van der Waals surface area contributed by atoms with Crippen molar-refractivity contribution >= 4 is 17.8 Å². The first kappa shape index (κ1) is 60.6. The fourth-order valence-corrected chi connectivity index (χ4v) is 8.50. The van der Waals surface area contributed by atoms with Crippen LogP contribution in [0.5, 0.6) is 0 Å². The van der Waals surface area contributed by atoms with Crippen LogP contribution in [0.15, 0.2) is 24.0 Å². The summed E-state index contributed by atoms with van der Waals surface area (Å²) in [6.07, 6.45) is 40.9. The molecule has 0 aliphatic rings. The number of unbranched alkanes of at least 4 members (excludes halogenated alkanes) is 23. The summed E-state index contributed by atoms with van der Waals surface area (Å²) < 4.78 is 11.6. The van der Waals surface area contributed by atoms with Crippen LogP contribution in [-0.2, 0) is 23.9 Å². The second-order valence-corrected chi connectivity index (χ2v) is 18.3. The summed E-state index contributed by atoms with van der Waals surface area (Å²) >= 11 is 0. The summed E-state index contributed by atoms with van der Waals surface area (Å²) in [6, 6.07) is 0. The Labute approximate surface area is 390 Å². The van der Waals surface area contributed by atoms with E-state index in [1.165, 1.54) is 103 Å². The molecule has 0 aromatic carbocycles. The van der Waals surface area contributed by atoms with Crippen molar-refractivity contribution in [2.45, 2.75) is 265 Å². The van der Waals surface area contributed by atoms with Gasteiger partial charge < -0.3 is 30.3 Å². The summed E-state index contributed by atoms with van der Waals surface area (Å²) in [7, 11) is 0. The van der Waals surface area contributed by atoms with Crippen molar-refractivity contribution in [1.82, 2.24) is 15.1 Å². The van der Waals surface area contributed by atoms with Crippen LogP contribution >= 0.6 is 0 Å². The molecule has 0 heterocycles. The van der Waals surface area contributed by atoms with Gasteiger partial charge in [0, 0.05) is 30.7 Å². The molecular formula is C54H104N4O5. The molecule has 0 saturated heterocycles. The monoisotopic (exact) mass is 889 g/mol. The van der Waals surface area contributed by atoms with Crippen LogP contribution in [0.4, 0.5) is 0 Å². The number of allylic oxidation sites excluding steroid dienone is 1. The van der Waals surface area contributed by atoms with E-state index in [1.807, 2.05) is 13.1 Å². The van der Waals surface area contributed by atoms with Gasteiger partial charge in [0.25, 0.3) is 0 Å². The number of carbonyl (C=O) groups excluding carboxylic acids is 3. The highest BCUT2D eigenvalue weighted by molar-refractivity contribution is 5.94. The lowest BCUT2D eigenvalue weighted by molar-refractivity contribution is -0.150. The van der Waals surface area contributed by atoms with E-state index in [0.717, 1.165) is 140 Å². The second-order valence-electron chi connectivity index (χ2n) is 18.3. The summed E-state index contributed by atoms with van der Waals surface area (Å²) in [5.41, 5.74) is 7.36. The SMILES string of the molecule is C=CN(CCCN(CCCCCCCC(=O)OCCCCCCCC)CCCCCCCC(=O)OC(CCCCCCCC)CCCCCCCC)/C(C)=C(\CCC)C(=O)NCN. The molecule has 0 radical (unpaired) electrons. The Balaban J connectivity index is 4.92. The number of rotatable bonds is 48. The summed E-state index contributed by atoms with van der Waals surface area (Å²) in [5.74, 6) is -0.128. The number of carbonyl (C=O) groups is 3. The van der Waals surface area contributed by atoms with Crippen molar-refractivity contribution in [3.8, 4) is 0 Å². The minimum atomic E-state index is -0.0940. The van der Waals surface area contributed by atoms with Gasteiger partial charge >= 0.3 is 11.9 Å². The van der Waals surface area contributed by atoms with Crippen molar-refractivity contribution in [1.29, 1.82) is 0 Å². The predicted molar refractivity (Wildman–Crippen MR) is 268 cm³/mol. The van der Waals surface area contributed by atoms with Gasteiger partial charge in [0.1, 0.15) is 6.10 Å². The van der Waals surface area contributed by atoms with Gasteiger partial charge in [0.15, 0.2) is 0 Å². The highest BCUT2D eigenvalue weighted by Crippen LogP contribution is 2.20. The van der Waals surface area contributed by atoms with Gasteiger partial charge in [0.05, 0.1) is 13.3 Å². The first-order valence-corrected chi connectivity index (χ1v) is 26.9. The Bertz CT molecular complexity index is 1100. The zero-order chi connectivity index (χ0) is 46.4. The van der Waals surface area contributed by atoms with Crippen molar-refractivity contribution in [2.24, 2.45) is 5.73 Å². The number of hydrogen-bond donors (Lipinski definition) is 2. The van der Waals surface area contributed by atoms with Gasteiger partial charge in [-0.1, -0.05) is 176 Å². The minimum Gasteiger partial charge on any atom is -0.466 e. The van der Waals surface area contributed by atoms with Gasteiger partial charge in [-0.3, -0.25) is 14.4 Å². The fraction of sp³-hybridized carbons (Fsp3) is 0.870. The quantitative estimate of drug-likeness (QED) is 0.0269.